The fraction of sp³-hybridized carbons (Fsp3) is 0.333. The zero-order valence-corrected chi connectivity index (χ0v) is 23.4. The molecule has 0 unspecified atom stereocenters. The van der Waals surface area contributed by atoms with Crippen molar-refractivity contribution in [3.63, 3.8) is 0 Å². The summed E-state index contributed by atoms with van der Waals surface area (Å²) in [5.41, 5.74) is 4.69. The summed E-state index contributed by atoms with van der Waals surface area (Å²) in [5, 5.41) is 7.53. The summed E-state index contributed by atoms with van der Waals surface area (Å²) in [7, 11) is 0. The van der Waals surface area contributed by atoms with Gasteiger partial charge in [0.05, 0.1) is 5.52 Å². The van der Waals surface area contributed by atoms with Crippen LogP contribution < -0.4 is 21.9 Å². The summed E-state index contributed by atoms with van der Waals surface area (Å²) in [6.07, 6.45) is 2.31. The maximum atomic E-state index is 13.3. The number of unbranched alkanes of at least 4 members (excludes halogenated alkanes) is 2. The van der Waals surface area contributed by atoms with Crippen LogP contribution in [0.25, 0.3) is 10.2 Å². The molecule has 0 aliphatic rings. The average molecular weight is 547 g/mol. The number of amides is 2. The number of thiophene rings is 1. The molecule has 2 amide bonds. The standard InChI is InChI=1S/C30H34N4O4S/c1-20-8-11-23(12-9-20)18-31-26(35)7-5-4-6-15-33-29(37)28-25(14-16-39-28)34(30(33)38)19-27(36)32-24-13-10-21(2)22(3)17-24/h8-14,16-17H,4-7,15,18-19H2,1-3H3,(H,31,35)(H,32,36). The van der Waals surface area contributed by atoms with Gasteiger partial charge < -0.3 is 10.6 Å². The third kappa shape index (κ3) is 7.11. The van der Waals surface area contributed by atoms with Crippen molar-refractivity contribution in [2.45, 2.75) is 66.1 Å². The summed E-state index contributed by atoms with van der Waals surface area (Å²) in [6.45, 7) is 6.52. The van der Waals surface area contributed by atoms with Crippen LogP contribution in [0, 0.1) is 20.8 Å². The zero-order chi connectivity index (χ0) is 27.9. The number of hydrogen-bond donors (Lipinski definition) is 2. The van der Waals surface area contributed by atoms with Crippen LogP contribution in [0.3, 0.4) is 0 Å². The molecule has 204 valence electrons. The van der Waals surface area contributed by atoms with Crippen LogP contribution in [0.2, 0.25) is 0 Å². The molecule has 2 aromatic heterocycles. The second-order valence-electron chi connectivity index (χ2n) is 9.88. The molecule has 0 aliphatic carbocycles. The van der Waals surface area contributed by atoms with Gasteiger partial charge in [0, 0.05) is 25.2 Å². The fourth-order valence-electron chi connectivity index (χ4n) is 4.37. The predicted molar refractivity (Wildman–Crippen MR) is 156 cm³/mol. The van der Waals surface area contributed by atoms with Gasteiger partial charge in [-0.1, -0.05) is 42.3 Å². The number of aromatic nitrogens is 2. The minimum Gasteiger partial charge on any atom is -0.352 e. The fourth-order valence-corrected chi connectivity index (χ4v) is 5.22. The quantitative estimate of drug-likeness (QED) is 0.267. The van der Waals surface area contributed by atoms with Gasteiger partial charge in [0.2, 0.25) is 11.8 Å². The lowest BCUT2D eigenvalue weighted by molar-refractivity contribution is -0.121. The first kappa shape index (κ1) is 28.0. The molecule has 39 heavy (non-hydrogen) atoms. The van der Waals surface area contributed by atoms with Gasteiger partial charge in [-0.25, -0.2) is 4.79 Å². The van der Waals surface area contributed by atoms with Crippen molar-refractivity contribution >= 4 is 39.1 Å². The minimum atomic E-state index is -0.503. The van der Waals surface area contributed by atoms with Gasteiger partial charge in [0.25, 0.3) is 5.56 Å². The molecule has 8 nitrogen and oxygen atoms in total. The Labute approximate surface area is 231 Å². The number of carbonyl (C=O) groups is 2. The van der Waals surface area contributed by atoms with E-state index in [2.05, 4.69) is 10.6 Å². The van der Waals surface area contributed by atoms with Crippen molar-refractivity contribution < 1.29 is 9.59 Å². The molecule has 2 N–H and O–H groups in total. The maximum Gasteiger partial charge on any atom is 0.332 e. The summed E-state index contributed by atoms with van der Waals surface area (Å²) >= 11 is 1.26. The van der Waals surface area contributed by atoms with Crippen molar-refractivity contribution in [3.8, 4) is 0 Å². The van der Waals surface area contributed by atoms with E-state index in [0.29, 0.717) is 48.1 Å². The Balaban J connectivity index is 1.34. The lowest BCUT2D eigenvalue weighted by atomic mass is 10.1. The molecule has 0 aliphatic heterocycles. The van der Waals surface area contributed by atoms with Crippen molar-refractivity contribution in [1.29, 1.82) is 0 Å². The highest BCUT2D eigenvalue weighted by Gasteiger charge is 2.16. The third-order valence-electron chi connectivity index (χ3n) is 6.82. The highest BCUT2D eigenvalue weighted by Crippen LogP contribution is 2.17. The van der Waals surface area contributed by atoms with Gasteiger partial charge in [-0.3, -0.25) is 23.5 Å². The third-order valence-corrected chi connectivity index (χ3v) is 7.72. The van der Waals surface area contributed by atoms with Crippen LogP contribution in [0.5, 0.6) is 0 Å². The molecule has 0 atom stereocenters. The highest BCUT2D eigenvalue weighted by molar-refractivity contribution is 7.17. The second kappa shape index (κ2) is 12.7. The van der Waals surface area contributed by atoms with Gasteiger partial charge in [-0.05, 0) is 73.9 Å². The van der Waals surface area contributed by atoms with Crippen LogP contribution >= 0.6 is 11.3 Å². The van der Waals surface area contributed by atoms with E-state index in [4.69, 9.17) is 0 Å². The van der Waals surface area contributed by atoms with E-state index < -0.39 is 5.69 Å². The summed E-state index contributed by atoms with van der Waals surface area (Å²) in [4.78, 5) is 51.3. The number of carbonyl (C=O) groups excluding carboxylic acids is 2. The van der Waals surface area contributed by atoms with Crippen LogP contribution in [0.15, 0.2) is 63.5 Å². The van der Waals surface area contributed by atoms with E-state index in [1.54, 1.807) is 11.4 Å². The van der Waals surface area contributed by atoms with E-state index >= 15 is 0 Å². The number of nitrogens with zero attached hydrogens (tertiary/aromatic N) is 2. The molecule has 0 fully saturated rings. The van der Waals surface area contributed by atoms with Gasteiger partial charge in [-0.15, -0.1) is 11.3 Å². The maximum absolute atomic E-state index is 13.3. The Hall–Kier alpha value is -3.98. The molecule has 2 aromatic carbocycles. The first-order chi connectivity index (χ1) is 18.7. The van der Waals surface area contributed by atoms with Gasteiger partial charge >= 0.3 is 5.69 Å². The SMILES string of the molecule is Cc1ccc(CNC(=O)CCCCCn2c(=O)c3sccc3n(CC(=O)Nc3ccc(C)c(C)c3)c2=O)cc1. The van der Waals surface area contributed by atoms with Crippen molar-refractivity contribution in [1.82, 2.24) is 14.5 Å². The van der Waals surface area contributed by atoms with Crippen molar-refractivity contribution in [2.75, 3.05) is 5.32 Å². The molecule has 4 rings (SSSR count). The summed E-state index contributed by atoms with van der Waals surface area (Å²) in [6, 6.07) is 15.4. The van der Waals surface area contributed by atoms with Gasteiger partial charge in [0.15, 0.2) is 0 Å². The molecule has 4 aromatic rings. The van der Waals surface area contributed by atoms with Crippen LogP contribution in [-0.4, -0.2) is 20.9 Å². The Morgan fingerprint density at radius 1 is 0.846 bits per heavy atom. The Morgan fingerprint density at radius 2 is 1.62 bits per heavy atom. The van der Waals surface area contributed by atoms with Gasteiger partial charge in [0.1, 0.15) is 11.2 Å². The van der Waals surface area contributed by atoms with E-state index in [1.165, 1.54) is 26.0 Å². The van der Waals surface area contributed by atoms with Crippen LogP contribution in [0.1, 0.15) is 47.9 Å². The Morgan fingerprint density at radius 3 is 2.36 bits per heavy atom. The highest BCUT2D eigenvalue weighted by atomic mass is 32.1. The smallest absolute Gasteiger partial charge is 0.332 e. The van der Waals surface area contributed by atoms with Crippen LogP contribution in [0.4, 0.5) is 5.69 Å². The summed E-state index contributed by atoms with van der Waals surface area (Å²) in [5.74, 6) is -0.361. The second-order valence-corrected chi connectivity index (χ2v) is 10.8. The number of anilines is 1. The number of nitrogens with one attached hydrogen (secondary N) is 2. The normalized spacial score (nSPS) is 11.1. The molecular weight excluding hydrogens is 512 g/mol. The lowest BCUT2D eigenvalue weighted by Gasteiger charge is -2.13. The van der Waals surface area contributed by atoms with Gasteiger partial charge in [-0.2, -0.15) is 0 Å². The largest absolute Gasteiger partial charge is 0.352 e. The first-order valence-corrected chi connectivity index (χ1v) is 14.0. The topological polar surface area (TPSA) is 102 Å². The van der Waals surface area contributed by atoms with Crippen molar-refractivity contribution in [3.05, 3.63) is 97.0 Å². The average Bonchev–Trinajstić information content (AvgIpc) is 3.40. The molecule has 0 spiro atoms. The number of benzene rings is 2. The number of rotatable bonds is 11. The molecule has 0 bridgehead atoms. The van der Waals surface area contributed by atoms with Crippen molar-refractivity contribution in [2.24, 2.45) is 0 Å². The first-order valence-electron chi connectivity index (χ1n) is 13.1. The number of aryl methyl sites for hydroxylation is 3. The van der Waals surface area contributed by atoms with E-state index in [-0.39, 0.29) is 30.5 Å². The monoisotopic (exact) mass is 546 g/mol. The number of hydrogen-bond acceptors (Lipinski definition) is 5. The number of fused-ring (bicyclic) bond motifs is 1. The Kier molecular flexibility index (Phi) is 9.14. The van der Waals surface area contributed by atoms with E-state index in [1.807, 2.05) is 63.2 Å². The van der Waals surface area contributed by atoms with E-state index in [0.717, 1.165) is 16.7 Å². The minimum absolute atomic E-state index is 0.0233. The molecule has 9 heteroatoms. The predicted octanol–water partition coefficient (Wildman–Crippen LogP) is 4.67. The molecule has 0 saturated carbocycles. The molecular formula is C30H34N4O4S. The Bertz CT molecular complexity index is 1600. The molecule has 2 heterocycles. The molecule has 0 saturated heterocycles. The lowest BCUT2D eigenvalue weighted by Crippen LogP contribution is -2.41. The summed E-state index contributed by atoms with van der Waals surface area (Å²) < 4.78 is 3.02. The zero-order valence-electron chi connectivity index (χ0n) is 22.6. The van der Waals surface area contributed by atoms with E-state index in [9.17, 15) is 19.2 Å². The molecule has 0 radical (unpaired) electrons. The van der Waals surface area contributed by atoms with Crippen LogP contribution in [-0.2, 0) is 29.2 Å².